The minimum absolute atomic E-state index is 0.0625. The molecule has 0 aliphatic carbocycles. The molecule has 0 N–H and O–H groups in total. The van der Waals surface area contributed by atoms with Crippen molar-refractivity contribution in [2.45, 2.75) is 15.7 Å². The first-order chi connectivity index (χ1) is 3.68. The third-order valence-electron chi connectivity index (χ3n) is 0.524. The quantitative estimate of drug-likeness (QED) is 0.728. The van der Waals surface area contributed by atoms with Crippen LogP contribution in [0, 0.1) is 0 Å². The molecule has 0 bridgehead atoms. The summed E-state index contributed by atoms with van der Waals surface area (Å²) in [6, 6.07) is 0. The lowest BCUT2D eigenvalue weighted by molar-refractivity contribution is 0.142. The van der Waals surface area contributed by atoms with Crippen molar-refractivity contribution in [1.29, 1.82) is 0 Å². The van der Waals surface area contributed by atoms with Crippen LogP contribution in [0.1, 0.15) is 6.92 Å². The van der Waals surface area contributed by atoms with Crippen molar-refractivity contribution in [3.63, 3.8) is 0 Å². The first-order valence-electron chi connectivity index (χ1n) is 2.22. The molecule has 1 unspecified atom stereocenters. The number of halogens is 3. The van der Waals surface area contributed by atoms with Crippen molar-refractivity contribution in [2.24, 2.45) is 0 Å². The van der Waals surface area contributed by atoms with Crippen LogP contribution in [0.2, 0.25) is 0 Å². The molecule has 0 radical (unpaired) electrons. The highest BCUT2D eigenvalue weighted by atomic mass is 79.9. The van der Waals surface area contributed by atoms with Gasteiger partial charge in [0.15, 0.2) is 0 Å². The molecule has 50 valence electrons. The van der Waals surface area contributed by atoms with Gasteiger partial charge < -0.3 is 4.74 Å². The molecule has 0 aliphatic heterocycles. The lowest BCUT2D eigenvalue weighted by atomic mass is 10.8. The highest BCUT2D eigenvalue weighted by Crippen LogP contribution is 2.20. The molecule has 0 saturated heterocycles. The third-order valence-corrected chi connectivity index (χ3v) is 3.70. The highest BCUT2D eigenvalue weighted by Gasteiger charge is 2.09. The van der Waals surface area contributed by atoms with Gasteiger partial charge in [0, 0.05) is 6.61 Å². The maximum atomic E-state index is 5.13. The molecule has 0 aliphatic rings. The molecule has 0 saturated carbocycles. The Bertz CT molecular complexity index is 57.2. The Morgan fingerprint density at radius 1 is 1.38 bits per heavy atom. The van der Waals surface area contributed by atoms with E-state index in [1.54, 1.807) is 0 Å². The van der Waals surface area contributed by atoms with Gasteiger partial charge in [-0.25, -0.2) is 0 Å². The van der Waals surface area contributed by atoms with E-state index in [9.17, 15) is 0 Å². The van der Waals surface area contributed by atoms with Crippen LogP contribution in [-0.4, -0.2) is 15.4 Å². The lowest BCUT2D eigenvalue weighted by Crippen LogP contribution is -2.10. The van der Waals surface area contributed by atoms with E-state index in [0.717, 1.165) is 6.61 Å². The fourth-order valence-electron chi connectivity index (χ4n) is 0.232. The molecule has 0 rings (SSSR count). The molecule has 0 aromatic carbocycles. The van der Waals surface area contributed by atoms with E-state index in [1.807, 2.05) is 6.92 Å². The van der Waals surface area contributed by atoms with Gasteiger partial charge in [-0.3, -0.25) is 0 Å². The Hall–Kier alpha value is 1.40. The summed E-state index contributed by atoms with van der Waals surface area (Å²) in [4.78, 5) is 0. The number of alkyl halides is 3. The van der Waals surface area contributed by atoms with Crippen LogP contribution in [0.25, 0.3) is 0 Å². The lowest BCUT2D eigenvalue weighted by Gasteiger charge is -2.09. The summed E-state index contributed by atoms with van der Waals surface area (Å²) in [5, 5.41) is 0.0625. The van der Waals surface area contributed by atoms with Gasteiger partial charge >= 0.3 is 0 Å². The van der Waals surface area contributed by atoms with Crippen LogP contribution >= 0.6 is 47.8 Å². The molecule has 0 aromatic heterocycles. The molecule has 0 spiro atoms. The maximum Gasteiger partial charge on any atom is 0.134 e. The second-order valence-electron chi connectivity index (χ2n) is 1.14. The number of hydrogen-bond donors (Lipinski definition) is 0. The average Bonchev–Trinajstić information content (AvgIpc) is 1.67. The van der Waals surface area contributed by atoms with E-state index in [2.05, 4.69) is 47.8 Å². The molecule has 0 aromatic rings. The molecule has 0 fully saturated rings. The normalized spacial score (nSPS) is 14.6. The molecule has 4 heteroatoms. The maximum absolute atomic E-state index is 5.13. The van der Waals surface area contributed by atoms with Crippen LogP contribution in [0.4, 0.5) is 0 Å². The Morgan fingerprint density at radius 3 is 2.00 bits per heavy atom. The van der Waals surface area contributed by atoms with Crippen molar-refractivity contribution >= 4 is 47.8 Å². The van der Waals surface area contributed by atoms with Gasteiger partial charge in [0.2, 0.25) is 0 Å². The highest BCUT2D eigenvalue weighted by molar-refractivity contribution is 9.25. The van der Waals surface area contributed by atoms with Crippen molar-refractivity contribution in [3.8, 4) is 0 Å². The molecule has 1 atom stereocenters. The Morgan fingerprint density at radius 2 is 1.88 bits per heavy atom. The topological polar surface area (TPSA) is 9.23 Å². The first-order valence-corrected chi connectivity index (χ1v) is 4.97. The summed E-state index contributed by atoms with van der Waals surface area (Å²) in [6.45, 7) is 2.68. The minimum Gasteiger partial charge on any atom is -0.365 e. The average molecular weight is 311 g/mol. The standard InChI is InChI=1S/C4H7Br3O/c1-2-8-4(7)3(5)6/h3-4H,2H2,1H3. The fraction of sp³-hybridized carbons (Fsp3) is 1.00. The minimum atomic E-state index is 0.0625. The van der Waals surface area contributed by atoms with E-state index < -0.39 is 0 Å². The number of ether oxygens (including phenoxy) is 1. The van der Waals surface area contributed by atoms with Crippen molar-refractivity contribution in [3.05, 3.63) is 0 Å². The van der Waals surface area contributed by atoms with Gasteiger partial charge in [0.1, 0.15) is 8.75 Å². The smallest absolute Gasteiger partial charge is 0.134 e. The summed E-state index contributed by atoms with van der Waals surface area (Å²) in [6.07, 6.45) is 0. The van der Waals surface area contributed by atoms with Gasteiger partial charge in [0.25, 0.3) is 0 Å². The second-order valence-corrected chi connectivity index (χ2v) is 5.25. The monoisotopic (exact) mass is 308 g/mol. The van der Waals surface area contributed by atoms with Crippen LogP contribution in [-0.2, 0) is 4.74 Å². The Balaban J connectivity index is 3.17. The fourth-order valence-corrected chi connectivity index (χ4v) is 0.802. The second kappa shape index (κ2) is 5.21. The third kappa shape index (κ3) is 4.30. The molecular weight excluding hydrogens is 304 g/mol. The largest absolute Gasteiger partial charge is 0.365 e. The van der Waals surface area contributed by atoms with E-state index in [1.165, 1.54) is 0 Å². The van der Waals surface area contributed by atoms with E-state index >= 15 is 0 Å². The van der Waals surface area contributed by atoms with Gasteiger partial charge in [-0.2, -0.15) is 0 Å². The number of hydrogen-bond acceptors (Lipinski definition) is 1. The predicted molar refractivity (Wildman–Crippen MR) is 46.0 cm³/mol. The molecular formula is C4H7Br3O. The first kappa shape index (κ1) is 9.40. The Kier molecular flexibility index (Phi) is 6.12. The molecule has 8 heavy (non-hydrogen) atoms. The summed E-state index contributed by atoms with van der Waals surface area (Å²) >= 11 is 9.86. The predicted octanol–water partition coefficient (Wildman–Crippen LogP) is 2.86. The Labute approximate surface area is 74.6 Å². The van der Waals surface area contributed by atoms with Crippen LogP contribution < -0.4 is 0 Å². The summed E-state index contributed by atoms with van der Waals surface area (Å²) in [7, 11) is 0. The van der Waals surface area contributed by atoms with Gasteiger partial charge in [-0.15, -0.1) is 0 Å². The summed E-state index contributed by atoms with van der Waals surface area (Å²) in [5.74, 6) is 0. The zero-order chi connectivity index (χ0) is 6.57. The zero-order valence-corrected chi connectivity index (χ0v) is 9.16. The molecule has 1 nitrogen and oxygen atoms in total. The summed E-state index contributed by atoms with van der Waals surface area (Å²) < 4.78 is 5.32. The van der Waals surface area contributed by atoms with Gasteiger partial charge in [-0.1, -0.05) is 47.8 Å². The van der Waals surface area contributed by atoms with Crippen molar-refractivity contribution in [2.75, 3.05) is 6.61 Å². The van der Waals surface area contributed by atoms with Gasteiger partial charge in [-0.05, 0) is 6.92 Å². The van der Waals surface area contributed by atoms with Crippen LogP contribution in [0.3, 0.4) is 0 Å². The zero-order valence-electron chi connectivity index (χ0n) is 4.40. The van der Waals surface area contributed by atoms with E-state index in [-0.39, 0.29) is 8.75 Å². The van der Waals surface area contributed by atoms with E-state index in [4.69, 9.17) is 4.74 Å². The SMILES string of the molecule is CCOC(Br)C(Br)Br. The number of rotatable bonds is 3. The van der Waals surface area contributed by atoms with E-state index in [0.29, 0.717) is 0 Å². The molecule has 0 amide bonds. The van der Waals surface area contributed by atoms with Gasteiger partial charge in [0.05, 0.1) is 0 Å². The summed E-state index contributed by atoms with van der Waals surface area (Å²) in [5.41, 5.74) is 0. The molecule has 0 heterocycles. The van der Waals surface area contributed by atoms with Crippen LogP contribution in [0.5, 0.6) is 0 Å². The van der Waals surface area contributed by atoms with Crippen molar-refractivity contribution in [1.82, 2.24) is 0 Å². The van der Waals surface area contributed by atoms with Crippen molar-refractivity contribution < 1.29 is 4.74 Å². The van der Waals surface area contributed by atoms with Crippen LogP contribution in [0.15, 0.2) is 0 Å².